The molecule has 1 rings (SSSR count). The molecule has 1 heterocycles. The maximum absolute atomic E-state index is 5.69. The maximum Gasteiger partial charge on any atom is 0.148 e. The van der Waals surface area contributed by atoms with E-state index in [0.29, 0.717) is 11.6 Å². The van der Waals surface area contributed by atoms with Crippen molar-refractivity contribution >= 4 is 17.4 Å². The van der Waals surface area contributed by atoms with Crippen LogP contribution < -0.4 is 5.73 Å². The maximum atomic E-state index is 5.69. The van der Waals surface area contributed by atoms with Crippen LogP contribution in [0.15, 0.2) is 12.3 Å². The lowest BCUT2D eigenvalue weighted by Crippen LogP contribution is -1.98. The van der Waals surface area contributed by atoms with E-state index >= 15 is 0 Å². The van der Waals surface area contributed by atoms with Gasteiger partial charge in [0.15, 0.2) is 0 Å². The molecule has 0 bridgehead atoms. The number of hydrogen-bond donors (Lipinski definition) is 1. The summed E-state index contributed by atoms with van der Waals surface area (Å²) < 4.78 is 0. The smallest absolute Gasteiger partial charge is 0.148 e. The number of nitrogens with two attached hydrogens (primary N) is 1. The van der Waals surface area contributed by atoms with Gasteiger partial charge in [-0.15, -0.1) is 11.6 Å². The summed E-state index contributed by atoms with van der Waals surface area (Å²) in [6.45, 7) is 1.80. The zero-order valence-electron chi connectivity index (χ0n) is 5.58. The number of rotatable bonds is 1. The lowest BCUT2D eigenvalue weighted by Gasteiger charge is -1.99. The standard InChI is InChI=1S/C6H8ClN3/c1-4(7)6-9-3-2-5(8)10-6/h2-4H,1H3,(H2,8,9,10). The first-order valence-corrected chi connectivity index (χ1v) is 3.36. The van der Waals surface area contributed by atoms with Gasteiger partial charge in [0.25, 0.3) is 0 Å². The predicted molar refractivity (Wildman–Crippen MR) is 40.7 cm³/mol. The molecule has 0 spiro atoms. The van der Waals surface area contributed by atoms with E-state index in [0.717, 1.165) is 0 Å². The Labute approximate surface area is 64.2 Å². The first-order valence-electron chi connectivity index (χ1n) is 2.92. The minimum atomic E-state index is -0.177. The molecule has 0 amide bonds. The summed E-state index contributed by atoms with van der Waals surface area (Å²) in [5, 5.41) is -0.177. The quantitative estimate of drug-likeness (QED) is 0.627. The highest BCUT2D eigenvalue weighted by Crippen LogP contribution is 2.14. The molecule has 0 aliphatic carbocycles. The van der Waals surface area contributed by atoms with Gasteiger partial charge >= 0.3 is 0 Å². The highest BCUT2D eigenvalue weighted by Gasteiger charge is 2.02. The van der Waals surface area contributed by atoms with Crippen LogP contribution in [0.5, 0.6) is 0 Å². The number of halogens is 1. The minimum absolute atomic E-state index is 0.177. The number of alkyl halides is 1. The molecule has 10 heavy (non-hydrogen) atoms. The lowest BCUT2D eigenvalue weighted by atomic mass is 10.4. The number of nitrogen functional groups attached to an aromatic ring is 1. The van der Waals surface area contributed by atoms with Crippen molar-refractivity contribution < 1.29 is 0 Å². The molecular weight excluding hydrogens is 150 g/mol. The van der Waals surface area contributed by atoms with E-state index in [1.54, 1.807) is 19.2 Å². The average molecular weight is 158 g/mol. The summed E-state index contributed by atoms with van der Waals surface area (Å²) in [6.07, 6.45) is 1.59. The number of aromatic nitrogens is 2. The van der Waals surface area contributed by atoms with E-state index in [1.165, 1.54) is 0 Å². The second-order valence-corrected chi connectivity index (χ2v) is 2.61. The SMILES string of the molecule is CC(Cl)c1nccc(N)n1. The van der Waals surface area contributed by atoms with Crippen LogP contribution >= 0.6 is 11.6 Å². The van der Waals surface area contributed by atoms with Crippen molar-refractivity contribution in [2.24, 2.45) is 0 Å². The van der Waals surface area contributed by atoms with Crippen molar-refractivity contribution in [1.29, 1.82) is 0 Å². The lowest BCUT2D eigenvalue weighted by molar-refractivity contribution is 0.915. The molecular formula is C6H8ClN3. The Morgan fingerprint density at radius 1 is 1.70 bits per heavy atom. The summed E-state index contributed by atoms with van der Waals surface area (Å²) in [6, 6.07) is 1.63. The molecule has 3 nitrogen and oxygen atoms in total. The molecule has 0 aliphatic heterocycles. The summed E-state index contributed by atoms with van der Waals surface area (Å²) in [5.41, 5.74) is 5.39. The average Bonchev–Trinajstić information content (AvgIpc) is 1.88. The van der Waals surface area contributed by atoms with Crippen LogP contribution in [0.4, 0.5) is 5.82 Å². The minimum Gasteiger partial charge on any atom is -0.384 e. The van der Waals surface area contributed by atoms with E-state index in [4.69, 9.17) is 17.3 Å². The molecule has 1 atom stereocenters. The van der Waals surface area contributed by atoms with Crippen molar-refractivity contribution in [3.05, 3.63) is 18.1 Å². The second-order valence-electron chi connectivity index (χ2n) is 1.96. The van der Waals surface area contributed by atoms with Crippen LogP contribution in [0.3, 0.4) is 0 Å². The Bertz CT molecular complexity index is 224. The zero-order valence-corrected chi connectivity index (χ0v) is 6.34. The fourth-order valence-corrected chi connectivity index (χ4v) is 0.685. The van der Waals surface area contributed by atoms with E-state index in [2.05, 4.69) is 9.97 Å². The topological polar surface area (TPSA) is 51.8 Å². The van der Waals surface area contributed by atoms with Crippen LogP contribution in [0.25, 0.3) is 0 Å². The van der Waals surface area contributed by atoms with E-state index < -0.39 is 0 Å². The normalized spacial score (nSPS) is 13.0. The summed E-state index contributed by atoms with van der Waals surface area (Å²) in [7, 11) is 0. The van der Waals surface area contributed by atoms with E-state index in [-0.39, 0.29) is 5.38 Å². The molecule has 54 valence electrons. The fraction of sp³-hybridized carbons (Fsp3) is 0.333. The van der Waals surface area contributed by atoms with E-state index in [9.17, 15) is 0 Å². The Balaban J connectivity index is 2.96. The van der Waals surface area contributed by atoms with Crippen LogP contribution in [-0.4, -0.2) is 9.97 Å². The van der Waals surface area contributed by atoms with Crippen molar-refractivity contribution in [2.75, 3.05) is 5.73 Å². The molecule has 1 aromatic heterocycles. The first-order chi connectivity index (χ1) is 4.70. The van der Waals surface area contributed by atoms with Gasteiger partial charge in [-0.05, 0) is 13.0 Å². The molecule has 1 aromatic rings. The van der Waals surface area contributed by atoms with Gasteiger partial charge in [0.1, 0.15) is 11.6 Å². The second kappa shape index (κ2) is 2.84. The molecule has 0 fully saturated rings. The number of nitrogens with zero attached hydrogens (tertiary/aromatic N) is 2. The molecule has 0 aromatic carbocycles. The van der Waals surface area contributed by atoms with Crippen LogP contribution in [0, 0.1) is 0 Å². The molecule has 1 unspecified atom stereocenters. The first kappa shape index (κ1) is 7.28. The van der Waals surface area contributed by atoms with Gasteiger partial charge in [-0.25, -0.2) is 9.97 Å². The van der Waals surface area contributed by atoms with Gasteiger partial charge in [-0.1, -0.05) is 0 Å². The Morgan fingerprint density at radius 3 is 2.80 bits per heavy atom. The Kier molecular flexibility index (Phi) is 2.06. The molecule has 0 saturated heterocycles. The van der Waals surface area contributed by atoms with Gasteiger partial charge in [0.2, 0.25) is 0 Å². The Hall–Kier alpha value is -0.830. The van der Waals surface area contributed by atoms with Crippen LogP contribution in [0.2, 0.25) is 0 Å². The van der Waals surface area contributed by atoms with Gasteiger partial charge in [0, 0.05) is 6.20 Å². The third-order valence-corrected chi connectivity index (χ3v) is 1.25. The monoisotopic (exact) mass is 157 g/mol. The third-order valence-electron chi connectivity index (χ3n) is 1.05. The summed E-state index contributed by atoms with van der Waals surface area (Å²) in [5.74, 6) is 1.03. The molecule has 2 N–H and O–H groups in total. The largest absolute Gasteiger partial charge is 0.384 e. The van der Waals surface area contributed by atoms with Crippen molar-refractivity contribution in [1.82, 2.24) is 9.97 Å². The molecule has 0 saturated carbocycles. The van der Waals surface area contributed by atoms with E-state index in [1.807, 2.05) is 0 Å². The summed E-state index contributed by atoms with van der Waals surface area (Å²) >= 11 is 5.69. The van der Waals surface area contributed by atoms with Gasteiger partial charge < -0.3 is 5.73 Å². The zero-order chi connectivity index (χ0) is 7.56. The third kappa shape index (κ3) is 1.57. The number of hydrogen-bond acceptors (Lipinski definition) is 3. The van der Waals surface area contributed by atoms with Gasteiger partial charge in [0.05, 0.1) is 5.38 Å². The molecule has 0 radical (unpaired) electrons. The molecule has 4 heteroatoms. The molecule has 0 aliphatic rings. The number of anilines is 1. The summed E-state index contributed by atoms with van der Waals surface area (Å²) in [4.78, 5) is 7.82. The van der Waals surface area contributed by atoms with Gasteiger partial charge in [-0.3, -0.25) is 0 Å². The predicted octanol–water partition coefficient (Wildman–Crippen LogP) is 1.36. The van der Waals surface area contributed by atoms with Crippen LogP contribution in [-0.2, 0) is 0 Å². The van der Waals surface area contributed by atoms with Gasteiger partial charge in [-0.2, -0.15) is 0 Å². The van der Waals surface area contributed by atoms with Crippen LogP contribution in [0.1, 0.15) is 18.1 Å². The fourth-order valence-electron chi connectivity index (χ4n) is 0.580. The Morgan fingerprint density at radius 2 is 2.40 bits per heavy atom. The van der Waals surface area contributed by atoms with Crippen molar-refractivity contribution in [3.8, 4) is 0 Å². The highest BCUT2D eigenvalue weighted by atomic mass is 35.5. The van der Waals surface area contributed by atoms with Crippen molar-refractivity contribution in [3.63, 3.8) is 0 Å². The highest BCUT2D eigenvalue weighted by molar-refractivity contribution is 6.20. The van der Waals surface area contributed by atoms with Crippen molar-refractivity contribution in [2.45, 2.75) is 12.3 Å².